The van der Waals surface area contributed by atoms with Crippen LogP contribution in [-0.2, 0) is 0 Å². The highest BCUT2D eigenvalue weighted by Crippen LogP contribution is 2.34. The molecule has 3 nitrogen and oxygen atoms in total. The zero-order valence-corrected chi connectivity index (χ0v) is 15.2. The second kappa shape index (κ2) is 7.20. The maximum atomic E-state index is 12.5. The highest BCUT2D eigenvalue weighted by atomic mass is 35.5. The molecule has 0 bridgehead atoms. The molecule has 2 heterocycles. The summed E-state index contributed by atoms with van der Waals surface area (Å²) in [6.07, 6.45) is 2.50. The van der Waals surface area contributed by atoms with Crippen LogP contribution < -0.4 is 5.32 Å². The first-order valence-corrected chi connectivity index (χ1v) is 9.45. The largest absolute Gasteiger partial charge is 0.350 e. The van der Waals surface area contributed by atoms with Gasteiger partial charge < -0.3 is 5.32 Å². The van der Waals surface area contributed by atoms with E-state index in [1.807, 2.05) is 24.3 Å². The van der Waals surface area contributed by atoms with Crippen LogP contribution in [0, 0.1) is 5.92 Å². The van der Waals surface area contributed by atoms with E-state index in [1.54, 1.807) is 0 Å². The molecule has 1 N–H and O–H groups in total. The summed E-state index contributed by atoms with van der Waals surface area (Å²) in [5.41, 5.74) is 0. The van der Waals surface area contributed by atoms with Gasteiger partial charge in [0, 0.05) is 22.7 Å². The lowest BCUT2D eigenvalue weighted by atomic mass is 9.98. The third-order valence-corrected chi connectivity index (χ3v) is 6.41. The quantitative estimate of drug-likeness (QED) is 0.886. The van der Waals surface area contributed by atoms with Crippen molar-refractivity contribution in [3.8, 4) is 0 Å². The summed E-state index contributed by atoms with van der Waals surface area (Å²) in [5.74, 6) is 0.763. The number of benzene rings is 1. The number of fused-ring (bicyclic) bond motifs is 1. The van der Waals surface area contributed by atoms with Crippen LogP contribution in [0.4, 0.5) is 0 Å². The zero-order valence-electron chi connectivity index (χ0n) is 13.6. The van der Waals surface area contributed by atoms with E-state index >= 15 is 0 Å². The number of carbonyl (C=O) groups excluding carboxylic acids is 1. The molecule has 1 aromatic heterocycles. The molecule has 1 aromatic carbocycles. The maximum absolute atomic E-state index is 12.5. The minimum Gasteiger partial charge on any atom is -0.350 e. The summed E-state index contributed by atoms with van der Waals surface area (Å²) >= 11 is 7.83. The zero-order chi connectivity index (χ0) is 16.4. The molecular formula is C18H23ClN2OS. The third kappa shape index (κ3) is 3.70. The molecule has 1 aliphatic heterocycles. The maximum Gasteiger partial charge on any atom is 0.262 e. The molecule has 124 valence electrons. The molecule has 0 saturated carbocycles. The average molecular weight is 351 g/mol. The standard InChI is InChI=1S/C18H23ClN2OS/c1-12-7-9-21(10-8-12)13(2)11-20-18(22)17-16(19)14-5-3-4-6-15(14)23-17/h3-6,12-13H,7-11H2,1-2H3,(H,20,22). The summed E-state index contributed by atoms with van der Waals surface area (Å²) in [4.78, 5) is 15.6. The molecule has 1 unspecified atom stereocenters. The Morgan fingerprint density at radius 1 is 1.39 bits per heavy atom. The first kappa shape index (κ1) is 16.7. The second-order valence-electron chi connectivity index (χ2n) is 6.52. The molecule has 0 spiro atoms. The van der Waals surface area contributed by atoms with Gasteiger partial charge in [-0.2, -0.15) is 0 Å². The fraction of sp³-hybridized carbons (Fsp3) is 0.500. The Morgan fingerprint density at radius 2 is 2.09 bits per heavy atom. The summed E-state index contributed by atoms with van der Waals surface area (Å²) in [5, 5.41) is 4.59. The number of hydrogen-bond donors (Lipinski definition) is 1. The topological polar surface area (TPSA) is 32.3 Å². The summed E-state index contributed by atoms with van der Waals surface area (Å²) in [6, 6.07) is 8.24. The monoisotopic (exact) mass is 350 g/mol. The van der Waals surface area contributed by atoms with Crippen LogP contribution in [0.25, 0.3) is 10.1 Å². The van der Waals surface area contributed by atoms with Gasteiger partial charge in [0.2, 0.25) is 0 Å². The van der Waals surface area contributed by atoms with E-state index in [-0.39, 0.29) is 5.91 Å². The number of rotatable bonds is 4. The minimum absolute atomic E-state index is 0.0616. The van der Waals surface area contributed by atoms with Crippen LogP contribution in [0.5, 0.6) is 0 Å². The van der Waals surface area contributed by atoms with Crippen molar-refractivity contribution in [1.82, 2.24) is 10.2 Å². The van der Waals surface area contributed by atoms with Gasteiger partial charge in [0.25, 0.3) is 5.91 Å². The number of hydrogen-bond acceptors (Lipinski definition) is 3. The van der Waals surface area contributed by atoms with Gasteiger partial charge >= 0.3 is 0 Å². The highest BCUT2D eigenvalue weighted by molar-refractivity contribution is 7.21. The van der Waals surface area contributed by atoms with Gasteiger partial charge in [0.1, 0.15) is 4.88 Å². The number of thiophene rings is 1. The lowest BCUT2D eigenvalue weighted by Gasteiger charge is -2.34. The Morgan fingerprint density at radius 3 is 2.78 bits per heavy atom. The number of piperidine rings is 1. The van der Waals surface area contributed by atoms with Crippen LogP contribution in [0.15, 0.2) is 24.3 Å². The molecule has 1 fully saturated rings. The van der Waals surface area contributed by atoms with Crippen molar-refractivity contribution >= 4 is 38.9 Å². The molecule has 1 aliphatic rings. The fourth-order valence-corrected chi connectivity index (χ4v) is 4.51. The lowest BCUT2D eigenvalue weighted by molar-refractivity contribution is 0.0926. The van der Waals surface area contributed by atoms with Crippen molar-refractivity contribution in [2.75, 3.05) is 19.6 Å². The van der Waals surface area contributed by atoms with Gasteiger partial charge in [-0.1, -0.05) is 36.7 Å². The number of nitrogens with zero attached hydrogens (tertiary/aromatic N) is 1. The number of carbonyl (C=O) groups is 1. The Balaban J connectivity index is 1.61. The van der Waals surface area contributed by atoms with E-state index in [4.69, 9.17) is 11.6 Å². The van der Waals surface area contributed by atoms with Crippen LogP contribution in [0.3, 0.4) is 0 Å². The average Bonchev–Trinajstić information content (AvgIpc) is 2.90. The Hall–Kier alpha value is -1.10. The fourth-order valence-electron chi connectivity index (χ4n) is 3.08. The van der Waals surface area contributed by atoms with Crippen LogP contribution in [-0.4, -0.2) is 36.5 Å². The molecule has 0 aliphatic carbocycles. The van der Waals surface area contributed by atoms with Gasteiger partial charge in [-0.25, -0.2) is 0 Å². The Kier molecular flexibility index (Phi) is 5.24. The van der Waals surface area contributed by atoms with Crippen LogP contribution >= 0.6 is 22.9 Å². The molecule has 2 aromatic rings. The van der Waals surface area contributed by atoms with Crippen molar-refractivity contribution in [3.63, 3.8) is 0 Å². The molecule has 5 heteroatoms. The summed E-state index contributed by atoms with van der Waals surface area (Å²) in [7, 11) is 0. The molecule has 0 radical (unpaired) electrons. The first-order chi connectivity index (χ1) is 11.1. The number of likely N-dealkylation sites (tertiary alicyclic amines) is 1. The highest BCUT2D eigenvalue weighted by Gasteiger charge is 2.22. The Bertz CT molecular complexity index is 691. The third-order valence-electron chi connectivity index (χ3n) is 4.74. The first-order valence-electron chi connectivity index (χ1n) is 8.25. The summed E-state index contributed by atoms with van der Waals surface area (Å²) in [6.45, 7) is 7.41. The van der Waals surface area contributed by atoms with Crippen molar-refractivity contribution in [2.45, 2.75) is 32.7 Å². The normalized spacial score (nSPS) is 18.2. The predicted octanol–water partition coefficient (Wildman–Crippen LogP) is 4.40. The second-order valence-corrected chi connectivity index (χ2v) is 7.95. The van der Waals surface area contributed by atoms with E-state index in [9.17, 15) is 4.79 Å². The molecule has 1 saturated heterocycles. The molecule has 23 heavy (non-hydrogen) atoms. The number of amides is 1. The van der Waals surface area contributed by atoms with Gasteiger partial charge in [-0.3, -0.25) is 9.69 Å². The van der Waals surface area contributed by atoms with Crippen molar-refractivity contribution in [1.29, 1.82) is 0 Å². The van der Waals surface area contributed by atoms with Crippen LogP contribution in [0.2, 0.25) is 5.02 Å². The lowest BCUT2D eigenvalue weighted by Crippen LogP contribution is -2.45. The minimum atomic E-state index is -0.0616. The van der Waals surface area contributed by atoms with E-state index in [1.165, 1.54) is 24.2 Å². The smallest absolute Gasteiger partial charge is 0.262 e. The van der Waals surface area contributed by atoms with Gasteiger partial charge in [-0.05, 0) is 44.8 Å². The number of nitrogens with one attached hydrogen (secondary N) is 1. The van der Waals surface area contributed by atoms with Crippen LogP contribution in [0.1, 0.15) is 36.4 Å². The van der Waals surface area contributed by atoms with E-state index in [0.29, 0.717) is 22.5 Å². The molecule has 1 atom stereocenters. The van der Waals surface area contributed by atoms with E-state index in [2.05, 4.69) is 24.1 Å². The molecule has 1 amide bonds. The SMILES string of the molecule is CC1CCN(C(C)CNC(=O)c2sc3ccccc3c2Cl)CC1. The van der Waals surface area contributed by atoms with E-state index < -0.39 is 0 Å². The Labute approximate surface area is 146 Å². The van der Waals surface area contributed by atoms with Crippen molar-refractivity contribution in [2.24, 2.45) is 5.92 Å². The van der Waals surface area contributed by atoms with Gasteiger partial charge in [0.15, 0.2) is 0 Å². The van der Waals surface area contributed by atoms with Gasteiger partial charge in [0.05, 0.1) is 5.02 Å². The summed E-state index contributed by atoms with van der Waals surface area (Å²) < 4.78 is 1.06. The van der Waals surface area contributed by atoms with Gasteiger partial charge in [-0.15, -0.1) is 11.3 Å². The number of halogens is 1. The van der Waals surface area contributed by atoms with Crippen molar-refractivity contribution < 1.29 is 4.79 Å². The van der Waals surface area contributed by atoms with Crippen molar-refractivity contribution in [3.05, 3.63) is 34.2 Å². The predicted molar refractivity (Wildman–Crippen MR) is 98.6 cm³/mol. The van der Waals surface area contributed by atoms with E-state index in [0.717, 1.165) is 29.1 Å². The molecule has 3 rings (SSSR count). The molecular weight excluding hydrogens is 328 g/mol.